The number of rotatable bonds is 6. The number of ether oxygens (including phenoxy) is 2. The molecule has 0 unspecified atom stereocenters. The second-order valence-corrected chi connectivity index (χ2v) is 6.61. The van der Waals surface area contributed by atoms with Crippen LogP contribution in [0.15, 0.2) is 30.3 Å². The number of benzene rings is 1. The van der Waals surface area contributed by atoms with Gasteiger partial charge in [-0.25, -0.2) is 4.79 Å². The number of hydrogen-bond acceptors (Lipinski definition) is 4. The molecule has 0 aliphatic carbocycles. The molecular formula is C18H24N2O4. The van der Waals surface area contributed by atoms with Crippen molar-refractivity contribution in [1.82, 2.24) is 9.80 Å². The van der Waals surface area contributed by atoms with Crippen LogP contribution in [0.2, 0.25) is 0 Å². The van der Waals surface area contributed by atoms with Crippen LogP contribution >= 0.6 is 0 Å². The van der Waals surface area contributed by atoms with Crippen LogP contribution in [-0.4, -0.2) is 60.7 Å². The van der Waals surface area contributed by atoms with Gasteiger partial charge in [-0.1, -0.05) is 30.3 Å². The maximum atomic E-state index is 12.3. The Morgan fingerprint density at radius 2 is 2.08 bits per heavy atom. The van der Waals surface area contributed by atoms with Crippen molar-refractivity contribution in [3.05, 3.63) is 35.9 Å². The van der Waals surface area contributed by atoms with E-state index in [1.165, 1.54) is 0 Å². The van der Waals surface area contributed by atoms with E-state index in [9.17, 15) is 9.59 Å². The summed E-state index contributed by atoms with van der Waals surface area (Å²) < 4.78 is 11.1. The Morgan fingerprint density at radius 1 is 1.29 bits per heavy atom. The molecular weight excluding hydrogens is 308 g/mol. The number of likely N-dealkylation sites (tertiary alicyclic amines) is 1. The summed E-state index contributed by atoms with van der Waals surface area (Å²) in [6.45, 7) is 2.87. The van der Waals surface area contributed by atoms with E-state index in [0.717, 1.165) is 12.0 Å². The normalized spacial score (nSPS) is 23.1. The van der Waals surface area contributed by atoms with E-state index in [0.29, 0.717) is 45.7 Å². The molecule has 0 N–H and O–H groups in total. The van der Waals surface area contributed by atoms with E-state index in [1.54, 1.807) is 11.9 Å². The zero-order chi connectivity index (χ0) is 17.0. The van der Waals surface area contributed by atoms with Gasteiger partial charge in [0.15, 0.2) is 5.60 Å². The van der Waals surface area contributed by atoms with Crippen LogP contribution in [0.1, 0.15) is 24.8 Å². The molecule has 2 heterocycles. The predicted molar refractivity (Wildman–Crippen MR) is 88.4 cm³/mol. The fourth-order valence-electron chi connectivity index (χ4n) is 3.31. The topological polar surface area (TPSA) is 59.1 Å². The minimum atomic E-state index is -0.495. The Balaban J connectivity index is 1.35. The molecule has 2 fully saturated rings. The van der Waals surface area contributed by atoms with Crippen molar-refractivity contribution in [3.8, 4) is 0 Å². The van der Waals surface area contributed by atoms with Crippen molar-refractivity contribution in [3.63, 3.8) is 0 Å². The van der Waals surface area contributed by atoms with E-state index >= 15 is 0 Å². The molecule has 130 valence electrons. The average molecular weight is 332 g/mol. The lowest BCUT2D eigenvalue weighted by Crippen LogP contribution is -2.39. The Labute approximate surface area is 142 Å². The first-order chi connectivity index (χ1) is 11.6. The molecule has 0 aromatic heterocycles. The molecule has 2 aliphatic heterocycles. The van der Waals surface area contributed by atoms with E-state index in [1.807, 2.05) is 35.2 Å². The fraction of sp³-hybridized carbons (Fsp3) is 0.556. The van der Waals surface area contributed by atoms with Gasteiger partial charge in [0.2, 0.25) is 5.91 Å². The third kappa shape index (κ3) is 3.87. The highest BCUT2D eigenvalue weighted by atomic mass is 16.6. The maximum absolute atomic E-state index is 12.3. The molecule has 1 atom stereocenters. The zero-order valence-corrected chi connectivity index (χ0v) is 14.1. The summed E-state index contributed by atoms with van der Waals surface area (Å²) in [5.41, 5.74) is 0.642. The van der Waals surface area contributed by atoms with Gasteiger partial charge in [0.25, 0.3) is 0 Å². The molecule has 1 aromatic rings. The molecule has 2 saturated heterocycles. The van der Waals surface area contributed by atoms with Crippen LogP contribution in [0.3, 0.4) is 0 Å². The molecule has 24 heavy (non-hydrogen) atoms. The Hall–Kier alpha value is -2.08. The highest BCUT2D eigenvalue weighted by molar-refractivity contribution is 5.77. The van der Waals surface area contributed by atoms with Gasteiger partial charge in [0, 0.05) is 33.0 Å². The zero-order valence-electron chi connectivity index (χ0n) is 14.1. The van der Waals surface area contributed by atoms with E-state index in [2.05, 4.69) is 0 Å². The summed E-state index contributed by atoms with van der Waals surface area (Å²) >= 11 is 0. The largest absolute Gasteiger partial charge is 0.439 e. The van der Waals surface area contributed by atoms with Gasteiger partial charge in [0.1, 0.15) is 0 Å². The summed E-state index contributed by atoms with van der Waals surface area (Å²) in [6, 6.07) is 9.99. The lowest BCUT2D eigenvalue weighted by atomic mass is 10.0. The highest BCUT2D eigenvalue weighted by Crippen LogP contribution is 2.32. The minimum Gasteiger partial charge on any atom is -0.439 e. The molecule has 0 radical (unpaired) electrons. The molecule has 6 nitrogen and oxygen atoms in total. The fourth-order valence-corrected chi connectivity index (χ4v) is 3.31. The lowest BCUT2D eigenvalue weighted by Gasteiger charge is -2.21. The molecule has 0 saturated carbocycles. The average Bonchev–Trinajstić information content (AvgIpc) is 3.11. The maximum Gasteiger partial charge on any atom is 0.410 e. The summed E-state index contributed by atoms with van der Waals surface area (Å²) in [5.74, 6) is 0.112. The number of nitrogens with zero attached hydrogens (tertiary/aromatic N) is 2. The number of carbonyl (C=O) groups is 2. The molecule has 2 amide bonds. The monoisotopic (exact) mass is 332 g/mol. The van der Waals surface area contributed by atoms with Crippen LogP contribution < -0.4 is 0 Å². The summed E-state index contributed by atoms with van der Waals surface area (Å²) in [6.07, 6.45) is 1.60. The van der Waals surface area contributed by atoms with Crippen LogP contribution in [0, 0.1) is 0 Å². The van der Waals surface area contributed by atoms with Crippen molar-refractivity contribution in [1.29, 1.82) is 0 Å². The predicted octanol–water partition coefficient (Wildman–Crippen LogP) is 2.04. The number of likely N-dealkylation sites (N-methyl/N-ethyl adjacent to an activating group) is 1. The molecule has 3 rings (SSSR count). The second kappa shape index (κ2) is 7.21. The van der Waals surface area contributed by atoms with E-state index in [-0.39, 0.29) is 12.0 Å². The second-order valence-electron chi connectivity index (χ2n) is 6.61. The van der Waals surface area contributed by atoms with Crippen molar-refractivity contribution < 1.29 is 19.1 Å². The number of carbonyl (C=O) groups excluding carboxylic acids is 2. The van der Waals surface area contributed by atoms with Gasteiger partial charge in [-0.05, 0) is 12.0 Å². The Morgan fingerprint density at radius 3 is 2.79 bits per heavy atom. The summed E-state index contributed by atoms with van der Waals surface area (Å²) in [4.78, 5) is 27.2. The van der Waals surface area contributed by atoms with Crippen molar-refractivity contribution in [2.45, 2.75) is 31.5 Å². The summed E-state index contributed by atoms with van der Waals surface area (Å²) in [5, 5.41) is 0. The lowest BCUT2D eigenvalue weighted by molar-refractivity contribution is -0.131. The van der Waals surface area contributed by atoms with Crippen molar-refractivity contribution in [2.75, 3.05) is 33.3 Å². The van der Waals surface area contributed by atoms with Crippen LogP contribution in [0.5, 0.6) is 0 Å². The van der Waals surface area contributed by atoms with E-state index < -0.39 is 5.60 Å². The van der Waals surface area contributed by atoms with Gasteiger partial charge >= 0.3 is 6.09 Å². The number of amides is 2. The van der Waals surface area contributed by atoms with E-state index in [4.69, 9.17) is 9.47 Å². The van der Waals surface area contributed by atoms with Gasteiger partial charge in [-0.3, -0.25) is 4.79 Å². The first-order valence-electron chi connectivity index (χ1n) is 8.42. The highest BCUT2D eigenvalue weighted by Gasteiger charge is 2.49. The van der Waals surface area contributed by atoms with Crippen molar-refractivity contribution in [2.24, 2.45) is 0 Å². The third-order valence-corrected chi connectivity index (χ3v) is 4.60. The van der Waals surface area contributed by atoms with Crippen LogP contribution in [-0.2, 0) is 20.9 Å². The van der Waals surface area contributed by atoms with Gasteiger partial charge in [-0.15, -0.1) is 0 Å². The third-order valence-electron chi connectivity index (χ3n) is 4.60. The molecule has 6 heteroatoms. The summed E-state index contributed by atoms with van der Waals surface area (Å²) in [7, 11) is 1.73. The van der Waals surface area contributed by atoms with Crippen molar-refractivity contribution >= 4 is 12.0 Å². The van der Waals surface area contributed by atoms with Crippen LogP contribution in [0.4, 0.5) is 4.79 Å². The Kier molecular flexibility index (Phi) is 5.04. The first kappa shape index (κ1) is 16.8. The quantitative estimate of drug-likeness (QED) is 0.748. The standard InChI is InChI=1S/C18H24N2O4/c1-19-13-18(24-17(19)22)9-10-20(14-18)16(21)8-5-11-23-12-15-6-3-2-4-7-15/h2-4,6-7H,5,8-14H2,1H3/t18-/m0/s1. The number of hydrogen-bond donors (Lipinski definition) is 0. The minimum absolute atomic E-state index is 0.112. The Bertz CT molecular complexity index is 592. The molecule has 1 spiro atoms. The molecule has 2 aliphatic rings. The van der Waals surface area contributed by atoms with Gasteiger partial charge in [-0.2, -0.15) is 0 Å². The van der Waals surface area contributed by atoms with Crippen LogP contribution in [0.25, 0.3) is 0 Å². The SMILES string of the molecule is CN1C[C@]2(CCN(C(=O)CCCOCc3ccccc3)C2)OC1=O. The van der Waals surface area contributed by atoms with Gasteiger partial charge < -0.3 is 19.3 Å². The first-order valence-corrected chi connectivity index (χ1v) is 8.42. The molecule has 1 aromatic carbocycles. The smallest absolute Gasteiger partial charge is 0.410 e. The molecule has 0 bridgehead atoms. The van der Waals surface area contributed by atoms with Gasteiger partial charge in [0.05, 0.1) is 19.7 Å².